The third-order valence-corrected chi connectivity index (χ3v) is 16.4. The fourth-order valence-corrected chi connectivity index (χ4v) is 15.0. The van der Waals surface area contributed by atoms with Gasteiger partial charge in [-0.1, -0.05) is 140 Å². The van der Waals surface area contributed by atoms with Crippen molar-refractivity contribution >= 4 is 49.7 Å². The molecule has 3 aliphatic rings. The Labute approximate surface area is 270 Å². The summed E-state index contributed by atoms with van der Waals surface area (Å²) in [5.74, 6) is 0.705. The van der Waals surface area contributed by atoms with Gasteiger partial charge in [-0.2, -0.15) is 0 Å². The lowest BCUT2D eigenvalue weighted by Gasteiger charge is -2.46. The number of hydrazine groups is 1. The van der Waals surface area contributed by atoms with Crippen LogP contribution >= 0.6 is 16.1 Å². The molecule has 2 aliphatic heterocycles. The lowest BCUT2D eigenvalue weighted by molar-refractivity contribution is -0.0687. The largest absolute Gasteiger partial charge is 0.252 e. The fraction of sp³-hybridized carbons (Fsp3) is 0.250. The first-order chi connectivity index (χ1) is 22.1. The van der Waals surface area contributed by atoms with Crippen LogP contribution < -0.4 is 21.0 Å². The summed E-state index contributed by atoms with van der Waals surface area (Å²) >= 11 is 0. The first kappa shape index (κ1) is 29.3. The number of benzene rings is 5. The fourth-order valence-electron chi connectivity index (χ4n) is 7.87. The van der Waals surface area contributed by atoms with Gasteiger partial charge in [0.25, 0.3) is 0 Å². The zero-order valence-electron chi connectivity index (χ0n) is 26.2. The zero-order chi connectivity index (χ0) is 30.4. The molecule has 5 heteroatoms. The van der Waals surface area contributed by atoms with Gasteiger partial charge >= 0.3 is 0 Å². The van der Waals surface area contributed by atoms with Crippen molar-refractivity contribution in [3.63, 3.8) is 0 Å². The molecular weight excluding hydrogens is 584 g/mol. The summed E-state index contributed by atoms with van der Waals surface area (Å²) in [6.07, 6.45) is 8.72. The van der Waals surface area contributed by atoms with Gasteiger partial charge in [0.2, 0.25) is 0 Å². The zero-order valence-corrected chi connectivity index (χ0v) is 28.0. The minimum Gasteiger partial charge on any atom is -0.252 e. The van der Waals surface area contributed by atoms with E-state index in [1.54, 1.807) is 0 Å². The summed E-state index contributed by atoms with van der Waals surface area (Å²) < 4.78 is 2.87. The molecule has 0 spiro atoms. The second-order valence-corrected chi connectivity index (χ2v) is 17.8. The quantitative estimate of drug-likeness (QED) is 0.181. The number of hydrogen-bond acceptors (Lipinski definition) is 3. The van der Waals surface area contributed by atoms with Crippen molar-refractivity contribution in [1.29, 1.82) is 0 Å². The molecule has 3 nitrogen and oxygen atoms in total. The summed E-state index contributed by atoms with van der Waals surface area (Å²) in [6, 6.07) is 47.7. The minimum atomic E-state index is -0.740. The van der Waals surface area contributed by atoms with Crippen LogP contribution in [-0.2, 0) is 0 Å². The maximum Gasteiger partial charge on any atom is 0.0844 e. The Balaban J connectivity index is 1.34. The lowest BCUT2D eigenvalue weighted by atomic mass is 9.81. The topological polar surface area (TPSA) is 9.72 Å². The monoisotopic (exact) mass is 625 g/mol. The highest BCUT2D eigenvalue weighted by molar-refractivity contribution is 7.79. The van der Waals surface area contributed by atoms with E-state index < -0.39 is 16.1 Å². The van der Waals surface area contributed by atoms with E-state index in [9.17, 15) is 0 Å². The molecule has 5 aromatic carbocycles. The molecule has 2 saturated heterocycles. The van der Waals surface area contributed by atoms with Crippen molar-refractivity contribution in [2.45, 2.75) is 37.8 Å². The molecule has 1 aliphatic carbocycles. The number of rotatable bonds is 6. The molecule has 2 heterocycles. The molecule has 0 amide bonds. The molecule has 0 bridgehead atoms. The highest BCUT2D eigenvalue weighted by Gasteiger charge is 2.57. The molecule has 4 atom stereocenters. The van der Waals surface area contributed by atoms with Crippen molar-refractivity contribution in [3.05, 3.63) is 143 Å². The van der Waals surface area contributed by atoms with Gasteiger partial charge in [0.05, 0.1) is 11.6 Å². The average molecular weight is 626 g/mol. The first-order valence-electron chi connectivity index (χ1n) is 16.3. The van der Waals surface area contributed by atoms with Crippen molar-refractivity contribution in [3.8, 4) is 0 Å². The standard InChI is InChI=1S/C40H41N3P2/c1-40(26-25-32-16-10-12-18-35(32)30-40)39-43-28-14-13-27-42(43)38(34-24-23-31-15-9-11-17-33(31)29-34)45(39)41(2)44(36-19-5-3-6-20-36)37-21-7-4-8-22-37/h3-12,15-25,29-30,38-39H,13-14,26-28H2,1-2H3/t38-,39-,40?,45?/m1/s1. The Morgan fingerprint density at radius 2 is 1.29 bits per heavy atom. The Hall–Kier alpha value is -3.16. The molecule has 226 valence electrons. The van der Waals surface area contributed by atoms with Crippen LogP contribution in [0.4, 0.5) is 0 Å². The van der Waals surface area contributed by atoms with E-state index in [-0.39, 0.29) is 5.41 Å². The van der Waals surface area contributed by atoms with E-state index in [2.05, 4.69) is 168 Å². The summed E-state index contributed by atoms with van der Waals surface area (Å²) in [5, 5.41) is 13.9. The highest BCUT2D eigenvalue weighted by atomic mass is 31.2. The maximum atomic E-state index is 2.87. The van der Waals surface area contributed by atoms with Crippen LogP contribution in [-0.4, -0.2) is 40.4 Å². The number of hydrogen-bond donors (Lipinski definition) is 0. The van der Waals surface area contributed by atoms with Gasteiger partial charge in [-0.25, -0.2) is 10.0 Å². The van der Waals surface area contributed by atoms with Gasteiger partial charge in [0.1, 0.15) is 0 Å². The molecule has 8 rings (SSSR count). The van der Waals surface area contributed by atoms with Crippen molar-refractivity contribution in [2.24, 2.45) is 5.41 Å². The Morgan fingerprint density at radius 3 is 2.00 bits per heavy atom. The predicted molar refractivity (Wildman–Crippen MR) is 194 cm³/mol. The van der Waals surface area contributed by atoms with Crippen LogP contribution in [0.15, 0.2) is 127 Å². The van der Waals surface area contributed by atoms with Crippen molar-refractivity contribution < 1.29 is 0 Å². The van der Waals surface area contributed by atoms with Gasteiger partial charge in [-0.05, 0) is 69.8 Å². The summed E-state index contributed by atoms with van der Waals surface area (Å²) in [6.45, 7) is 4.79. The third-order valence-electron chi connectivity index (χ3n) is 9.95. The van der Waals surface area contributed by atoms with Crippen LogP contribution in [0.5, 0.6) is 0 Å². The predicted octanol–water partition coefficient (Wildman–Crippen LogP) is 7.54. The average Bonchev–Trinajstić information content (AvgIpc) is 3.45. The van der Waals surface area contributed by atoms with E-state index in [4.69, 9.17) is 0 Å². The van der Waals surface area contributed by atoms with Gasteiger partial charge in [-0.3, -0.25) is 4.44 Å². The van der Waals surface area contributed by atoms with Gasteiger partial charge < -0.3 is 0 Å². The second kappa shape index (κ2) is 12.2. The van der Waals surface area contributed by atoms with E-state index in [0.29, 0.717) is 11.6 Å². The molecule has 45 heavy (non-hydrogen) atoms. The Kier molecular flexibility index (Phi) is 7.94. The molecule has 0 N–H and O–H groups in total. The van der Waals surface area contributed by atoms with Crippen LogP contribution in [0.2, 0.25) is 0 Å². The van der Waals surface area contributed by atoms with Crippen LogP contribution in [0.25, 0.3) is 22.9 Å². The van der Waals surface area contributed by atoms with Crippen LogP contribution in [0.1, 0.15) is 37.5 Å². The summed E-state index contributed by atoms with van der Waals surface area (Å²) in [4.78, 5) is 0. The SMILES string of the molecule is CN(P(c1ccccc1)c1ccccc1)P1[C@H](c2ccc3ccccc3c2)N2CCCCN2[C@H]1C1(C)C=c2ccccc2=CC1. The van der Waals surface area contributed by atoms with E-state index >= 15 is 0 Å². The second-order valence-electron chi connectivity index (χ2n) is 12.9. The molecule has 0 saturated carbocycles. The van der Waals surface area contributed by atoms with Gasteiger partial charge in [0, 0.05) is 34.6 Å². The molecule has 5 aromatic rings. The highest BCUT2D eigenvalue weighted by Crippen LogP contribution is 2.74. The third kappa shape index (κ3) is 5.30. The Morgan fingerprint density at radius 1 is 0.689 bits per heavy atom. The molecule has 0 aromatic heterocycles. The van der Waals surface area contributed by atoms with E-state index in [0.717, 1.165) is 19.5 Å². The maximum absolute atomic E-state index is 2.87. The lowest BCUT2D eigenvalue weighted by Crippen LogP contribution is -2.52. The molecule has 2 fully saturated rings. The van der Waals surface area contributed by atoms with Crippen LogP contribution in [0, 0.1) is 5.41 Å². The summed E-state index contributed by atoms with van der Waals surface area (Å²) in [5.41, 5.74) is 1.46. The van der Waals surface area contributed by atoms with Crippen LogP contribution in [0.3, 0.4) is 0 Å². The van der Waals surface area contributed by atoms with Gasteiger partial charge in [-0.15, -0.1) is 0 Å². The Bertz CT molecular complexity index is 1890. The number of nitrogens with zero attached hydrogens (tertiary/aromatic N) is 3. The van der Waals surface area contributed by atoms with Crippen molar-refractivity contribution in [2.75, 3.05) is 20.1 Å². The van der Waals surface area contributed by atoms with E-state index in [1.807, 2.05) is 0 Å². The van der Waals surface area contributed by atoms with Crippen molar-refractivity contribution in [1.82, 2.24) is 14.5 Å². The van der Waals surface area contributed by atoms with E-state index in [1.165, 1.54) is 50.2 Å². The molecule has 0 radical (unpaired) electrons. The molecule has 2 unspecified atom stereocenters. The van der Waals surface area contributed by atoms with Gasteiger partial charge in [0.15, 0.2) is 0 Å². The smallest absolute Gasteiger partial charge is 0.0844 e. The summed E-state index contributed by atoms with van der Waals surface area (Å²) in [7, 11) is 1.02. The first-order valence-corrected chi connectivity index (χ1v) is 19.1. The normalized spacial score (nSPS) is 25.1. The number of fused-ring (bicyclic) bond motifs is 3. The molecular formula is C40H41N3P2. The minimum absolute atomic E-state index is 0.00385.